The molecule has 0 radical (unpaired) electrons. The van der Waals surface area contributed by atoms with Crippen molar-refractivity contribution in [3.8, 4) is 16.9 Å². The van der Waals surface area contributed by atoms with Crippen LogP contribution in [0.1, 0.15) is 10.5 Å². The van der Waals surface area contributed by atoms with Gasteiger partial charge in [-0.05, 0) is 17.7 Å². The van der Waals surface area contributed by atoms with Gasteiger partial charge < -0.3 is 9.84 Å². The maximum absolute atomic E-state index is 13.2. The van der Waals surface area contributed by atoms with Gasteiger partial charge in [-0.3, -0.25) is 0 Å². The molecule has 0 fully saturated rings. The van der Waals surface area contributed by atoms with Crippen LogP contribution >= 0.6 is 0 Å². The minimum atomic E-state index is -1.20. The summed E-state index contributed by atoms with van der Waals surface area (Å²) >= 11 is 0. The third-order valence-electron chi connectivity index (χ3n) is 2.54. The van der Waals surface area contributed by atoms with Gasteiger partial charge in [-0.2, -0.15) is 0 Å². The standard InChI is InChI=1S/C13H9F2NO3/c1-19-12-5-11(13(17)18)16-6-8(12)7-2-3-9(14)10(15)4-7/h2-6H,1H3,(H,17,18). The van der Waals surface area contributed by atoms with Crippen LogP contribution in [0, 0.1) is 11.6 Å². The van der Waals surface area contributed by atoms with Crippen molar-refractivity contribution < 1.29 is 23.4 Å². The number of nitrogens with zero attached hydrogens (tertiary/aromatic N) is 1. The van der Waals surface area contributed by atoms with E-state index in [9.17, 15) is 13.6 Å². The molecule has 0 bridgehead atoms. The van der Waals surface area contributed by atoms with E-state index in [1.165, 1.54) is 25.4 Å². The maximum Gasteiger partial charge on any atom is 0.354 e. The monoisotopic (exact) mass is 265 g/mol. The Labute approximate surface area is 107 Å². The van der Waals surface area contributed by atoms with Crippen LogP contribution in [0.3, 0.4) is 0 Å². The van der Waals surface area contributed by atoms with Crippen LogP contribution in [-0.2, 0) is 0 Å². The summed E-state index contributed by atoms with van der Waals surface area (Å²) in [5.74, 6) is -2.94. The number of halogens is 2. The molecule has 0 spiro atoms. The van der Waals surface area contributed by atoms with Gasteiger partial charge in [0, 0.05) is 17.8 Å². The Bertz CT molecular complexity index is 644. The highest BCUT2D eigenvalue weighted by atomic mass is 19.2. The second-order valence-electron chi connectivity index (χ2n) is 3.70. The molecule has 1 aromatic carbocycles. The molecule has 0 saturated carbocycles. The third-order valence-corrected chi connectivity index (χ3v) is 2.54. The van der Waals surface area contributed by atoms with Crippen LogP contribution in [0.25, 0.3) is 11.1 Å². The largest absolute Gasteiger partial charge is 0.496 e. The number of hydrogen-bond donors (Lipinski definition) is 1. The number of aromatic nitrogens is 1. The molecule has 0 aliphatic heterocycles. The Balaban J connectivity index is 2.55. The van der Waals surface area contributed by atoms with E-state index < -0.39 is 17.6 Å². The number of carbonyl (C=O) groups is 1. The van der Waals surface area contributed by atoms with Crippen LogP contribution < -0.4 is 4.74 Å². The highest BCUT2D eigenvalue weighted by Crippen LogP contribution is 2.30. The average molecular weight is 265 g/mol. The van der Waals surface area contributed by atoms with Gasteiger partial charge >= 0.3 is 5.97 Å². The quantitative estimate of drug-likeness (QED) is 0.927. The normalized spacial score (nSPS) is 10.3. The molecule has 1 aromatic heterocycles. The van der Waals surface area contributed by atoms with Gasteiger partial charge in [0.1, 0.15) is 5.75 Å². The van der Waals surface area contributed by atoms with E-state index in [4.69, 9.17) is 9.84 Å². The van der Waals surface area contributed by atoms with Crippen molar-refractivity contribution in [3.63, 3.8) is 0 Å². The molecule has 0 atom stereocenters. The highest BCUT2D eigenvalue weighted by Gasteiger charge is 2.13. The van der Waals surface area contributed by atoms with E-state index in [1.807, 2.05) is 0 Å². The van der Waals surface area contributed by atoms with Crippen LogP contribution in [0.2, 0.25) is 0 Å². The predicted molar refractivity (Wildman–Crippen MR) is 63.1 cm³/mol. The van der Waals surface area contributed by atoms with Gasteiger partial charge in [-0.1, -0.05) is 6.07 Å². The van der Waals surface area contributed by atoms with Crippen LogP contribution in [-0.4, -0.2) is 23.2 Å². The first-order valence-corrected chi connectivity index (χ1v) is 5.25. The lowest BCUT2D eigenvalue weighted by Crippen LogP contribution is -2.01. The molecule has 19 heavy (non-hydrogen) atoms. The number of carboxylic acids is 1. The zero-order chi connectivity index (χ0) is 14.0. The van der Waals surface area contributed by atoms with Gasteiger partial charge in [0.15, 0.2) is 17.3 Å². The number of ether oxygens (including phenoxy) is 1. The first-order valence-electron chi connectivity index (χ1n) is 5.25. The number of methoxy groups -OCH3 is 1. The molecule has 0 aliphatic rings. The maximum atomic E-state index is 13.2. The van der Waals surface area contributed by atoms with Crippen molar-refractivity contribution in [2.24, 2.45) is 0 Å². The molecule has 0 aliphatic carbocycles. The fraction of sp³-hybridized carbons (Fsp3) is 0.0769. The minimum Gasteiger partial charge on any atom is -0.496 e. The molecule has 0 amide bonds. The second-order valence-corrected chi connectivity index (χ2v) is 3.70. The summed E-state index contributed by atoms with van der Waals surface area (Å²) in [6.45, 7) is 0. The molecule has 98 valence electrons. The number of benzene rings is 1. The Morgan fingerprint density at radius 2 is 2.00 bits per heavy atom. The van der Waals surface area contributed by atoms with Crippen molar-refractivity contribution in [1.29, 1.82) is 0 Å². The predicted octanol–water partition coefficient (Wildman–Crippen LogP) is 2.73. The van der Waals surface area contributed by atoms with Gasteiger partial charge in [0.2, 0.25) is 0 Å². The minimum absolute atomic E-state index is 0.191. The van der Waals surface area contributed by atoms with Crippen molar-refractivity contribution >= 4 is 5.97 Å². The SMILES string of the molecule is COc1cc(C(=O)O)ncc1-c1ccc(F)c(F)c1. The molecule has 2 aromatic rings. The molecule has 0 saturated heterocycles. The second kappa shape index (κ2) is 5.01. The Kier molecular flexibility index (Phi) is 3.41. The topological polar surface area (TPSA) is 59.4 Å². The zero-order valence-corrected chi connectivity index (χ0v) is 9.85. The molecule has 0 unspecified atom stereocenters. The molecule has 6 heteroatoms. The van der Waals surface area contributed by atoms with Gasteiger partial charge in [-0.15, -0.1) is 0 Å². The summed E-state index contributed by atoms with van der Waals surface area (Å²) < 4.78 is 31.1. The van der Waals surface area contributed by atoms with E-state index >= 15 is 0 Å². The van der Waals surface area contributed by atoms with Crippen LogP contribution in [0.15, 0.2) is 30.5 Å². The molecular weight excluding hydrogens is 256 g/mol. The summed E-state index contributed by atoms with van der Waals surface area (Å²) in [5, 5.41) is 8.82. The number of pyridine rings is 1. The highest BCUT2D eigenvalue weighted by molar-refractivity contribution is 5.87. The first-order chi connectivity index (χ1) is 9.02. The van der Waals surface area contributed by atoms with Gasteiger partial charge in [-0.25, -0.2) is 18.6 Å². The van der Waals surface area contributed by atoms with Crippen molar-refractivity contribution in [3.05, 3.63) is 47.8 Å². The molecule has 1 N–H and O–H groups in total. The lowest BCUT2D eigenvalue weighted by Gasteiger charge is -2.09. The number of aromatic carboxylic acids is 1. The van der Waals surface area contributed by atoms with E-state index in [2.05, 4.69) is 4.98 Å². The van der Waals surface area contributed by atoms with E-state index in [0.717, 1.165) is 12.1 Å². The molecule has 4 nitrogen and oxygen atoms in total. The lowest BCUT2D eigenvalue weighted by atomic mass is 10.1. The molecule has 1 heterocycles. The molecular formula is C13H9F2NO3. The number of rotatable bonds is 3. The van der Waals surface area contributed by atoms with Crippen molar-refractivity contribution in [2.75, 3.05) is 7.11 Å². The van der Waals surface area contributed by atoms with Crippen LogP contribution in [0.5, 0.6) is 5.75 Å². The third kappa shape index (κ3) is 2.52. The van der Waals surface area contributed by atoms with Crippen molar-refractivity contribution in [2.45, 2.75) is 0 Å². The Morgan fingerprint density at radius 1 is 1.26 bits per heavy atom. The van der Waals surface area contributed by atoms with Crippen LogP contribution in [0.4, 0.5) is 8.78 Å². The Hall–Kier alpha value is -2.50. The Morgan fingerprint density at radius 3 is 2.58 bits per heavy atom. The smallest absolute Gasteiger partial charge is 0.354 e. The van der Waals surface area contributed by atoms with E-state index in [0.29, 0.717) is 11.1 Å². The average Bonchev–Trinajstić information content (AvgIpc) is 2.41. The number of carboxylic acid groups (broad SMARTS) is 1. The van der Waals surface area contributed by atoms with E-state index in [-0.39, 0.29) is 11.4 Å². The van der Waals surface area contributed by atoms with Gasteiger partial charge in [0.25, 0.3) is 0 Å². The summed E-state index contributed by atoms with van der Waals surface area (Å²) in [7, 11) is 1.35. The van der Waals surface area contributed by atoms with Crippen molar-refractivity contribution in [1.82, 2.24) is 4.98 Å². The number of hydrogen-bond acceptors (Lipinski definition) is 3. The van der Waals surface area contributed by atoms with E-state index in [1.54, 1.807) is 0 Å². The fourth-order valence-corrected chi connectivity index (χ4v) is 1.60. The summed E-state index contributed by atoms with van der Waals surface area (Å²) in [4.78, 5) is 14.5. The summed E-state index contributed by atoms with van der Waals surface area (Å²) in [6.07, 6.45) is 1.25. The fourth-order valence-electron chi connectivity index (χ4n) is 1.60. The summed E-state index contributed by atoms with van der Waals surface area (Å²) in [6, 6.07) is 4.56. The van der Waals surface area contributed by atoms with Gasteiger partial charge in [0.05, 0.1) is 7.11 Å². The zero-order valence-electron chi connectivity index (χ0n) is 9.85. The molecule has 2 rings (SSSR count). The lowest BCUT2D eigenvalue weighted by molar-refractivity contribution is 0.0690. The summed E-state index contributed by atoms with van der Waals surface area (Å²) in [5.41, 5.74) is 0.537. The first kappa shape index (κ1) is 12.9.